The van der Waals surface area contributed by atoms with E-state index < -0.39 is 45.6 Å². The molecule has 0 radical (unpaired) electrons. The number of allylic oxidation sites excluding steroid dienone is 3. The van der Waals surface area contributed by atoms with Gasteiger partial charge in [0.15, 0.2) is 10.4 Å². The summed E-state index contributed by atoms with van der Waals surface area (Å²) in [6, 6.07) is 5.80. The maximum atomic E-state index is 12.5. The van der Waals surface area contributed by atoms with Crippen LogP contribution < -0.4 is 5.32 Å². The van der Waals surface area contributed by atoms with E-state index in [0.717, 1.165) is 24.3 Å². The zero-order chi connectivity index (χ0) is 20.9. The lowest BCUT2D eigenvalue weighted by atomic mass is 10.1. The van der Waals surface area contributed by atoms with Gasteiger partial charge >= 0.3 is 11.5 Å². The standard InChI is InChI=1S/C18H15F3N2O4S/c1-17(10-22,11-27-16(25)13-4-2-3-5-13)23-15(24)12-6-8-14(9-7-12)28(26)18(19,20)21/h2-4,6-9H,5,11H2,1H3,(H,23,24). The molecule has 1 aliphatic carbocycles. The molecule has 6 nitrogen and oxygen atoms in total. The van der Waals surface area contributed by atoms with Crippen LogP contribution in [0.3, 0.4) is 0 Å². The number of carbonyl (C=O) groups excluding carboxylic acids is 2. The summed E-state index contributed by atoms with van der Waals surface area (Å²) in [6.07, 6.45) is 5.45. The van der Waals surface area contributed by atoms with E-state index in [2.05, 4.69) is 5.32 Å². The van der Waals surface area contributed by atoms with Gasteiger partial charge in [0.1, 0.15) is 6.61 Å². The van der Waals surface area contributed by atoms with Crippen LogP contribution in [0.25, 0.3) is 0 Å². The Labute approximate surface area is 161 Å². The van der Waals surface area contributed by atoms with Crippen LogP contribution in [0.15, 0.2) is 53.0 Å². The summed E-state index contributed by atoms with van der Waals surface area (Å²) in [4.78, 5) is 23.6. The van der Waals surface area contributed by atoms with Crippen LogP contribution in [0.2, 0.25) is 0 Å². The molecule has 0 fully saturated rings. The van der Waals surface area contributed by atoms with E-state index >= 15 is 0 Å². The first-order valence-electron chi connectivity index (χ1n) is 7.91. The Balaban J connectivity index is 2.00. The summed E-state index contributed by atoms with van der Waals surface area (Å²) in [7, 11) is 0. The van der Waals surface area contributed by atoms with Gasteiger partial charge in [-0.1, -0.05) is 18.2 Å². The second-order valence-electron chi connectivity index (χ2n) is 6.04. The number of ether oxygens (including phenoxy) is 1. The molecule has 2 atom stereocenters. The molecular formula is C18H15F3N2O4S. The minimum Gasteiger partial charge on any atom is -0.604 e. The van der Waals surface area contributed by atoms with E-state index in [9.17, 15) is 32.6 Å². The van der Waals surface area contributed by atoms with Gasteiger partial charge in [0.05, 0.1) is 17.2 Å². The first-order chi connectivity index (χ1) is 13.1. The van der Waals surface area contributed by atoms with Crippen LogP contribution >= 0.6 is 0 Å². The minimum atomic E-state index is -4.91. The second-order valence-corrected chi connectivity index (χ2v) is 7.51. The minimum absolute atomic E-state index is 0.0431. The fourth-order valence-corrected chi connectivity index (χ4v) is 2.83. The van der Waals surface area contributed by atoms with Crippen LogP contribution in [0.5, 0.6) is 0 Å². The van der Waals surface area contributed by atoms with Gasteiger partial charge in [-0.25, -0.2) is 4.79 Å². The molecule has 0 spiro atoms. The smallest absolute Gasteiger partial charge is 0.578 e. The Kier molecular flexibility index (Phi) is 6.53. The van der Waals surface area contributed by atoms with Crippen LogP contribution in [0, 0.1) is 11.3 Å². The summed E-state index contributed by atoms with van der Waals surface area (Å²) in [5.74, 6) is -1.37. The average molecular weight is 412 g/mol. The average Bonchev–Trinajstić information content (AvgIpc) is 3.20. The number of amides is 1. The SMILES string of the molecule is CC(C#N)(COC(=O)C1=CC=CC1)NC(=O)c1ccc([S+]([O-])C(F)(F)F)cc1. The lowest BCUT2D eigenvalue weighted by Gasteiger charge is -2.23. The van der Waals surface area contributed by atoms with Crippen LogP contribution in [-0.4, -0.2) is 34.1 Å². The van der Waals surface area contributed by atoms with Crippen molar-refractivity contribution in [1.82, 2.24) is 5.32 Å². The Morgan fingerprint density at radius 3 is 2.46 bits per heavy atom. The predicted octanol–water partition coefficient (Wildman–Crippen LogP) is 2.76. The number of rotatable bonds is 6. The Bertz CT molecular complexity index is 859. The third-order valence-electron chi connectivity index (χ3n) is 3.70. The van der Waals surface area contributed by atoms with Crippen molar-refractivity contribution in [2.45, 2.75) is 29.3 Å². The van der Waals surface area contributed by atoms with Crippen molar-refractivity contribution in [1.29, 1.82) is 5.26 Å². The van der Waals surface area contributed by atoms with Gasteiger partial charge in [-0.15, -0.1) is 13.2 Å². The number of hydrogen-bond donors (Lipinski definition) is 1. The van der Waals surface area contributed by atoms with E-state index in [-0.39, 0.29) is 5.56 Å². The number of hydrogen-bond acceptors (Lipinski definition) is 5. The number of nitrogens with zero attached hydrogens (tertiary/aromatic N) is 1. The number of esters is 1. The largest absolute Gasteiger partial charge is 0.604 e. The van der Waals surface area contributed by atoms with Crippen molar-refractivity contribution < 1.29 is 32.0 Å². The predicted molar refractivity (Wildman–Crippen MR) is 93.2 cm³/mol. The lowest BCUT2D eigenvalue weighted by Crippen LogP contribution is -2.48. The molecule has 0 saturated heterocycles. The highest BCUT2D eigenvalue weighted by atomic mass is 32.2. The van der Waals surface area contributed by atoms with Crippen LogP contribution in [-0.2, 0) is 20.7 Å². The molecule has 2 rings (SSSR count). The molecule has 28 heavy (non-hydrogen) atoms. The first-order valence-corrected chi connectivity index (χ1v) is 9.06. The van der Waals surface area contributed by atoms with Crippen molar-refractivity contribution >= 4 is 23.1 Å². The van der Waals surface area contributed by atoms with Gasteiger partial charge in [0.25, 0.3) is 5.91 Å². The normalized spacial score (nSPS) is 16.5. The zero-order valence-corrected chi connectivity index (χ0v) is 15.4. The summed E-state index contributed by atoms with van der Waals surface area (Å²) >= 11 is -3.20. The fourth-order valence-electron chi connectivity index (χ4n) is 2.18. The fraction of sp³-hybridized carbons (Fsp3) is 0.278. The molecule has 0 bridgehead atoms. The molecule has 1 aromatic rings. The quantitative estimate of drug-likeness (QED) is 0.572. The Hall–Kier alpha value is -2.77. The van der Waals surface area contributed by atoms with Crippen molar-refractivity contribution in [3.63, 3.8) is 0 Å². The van der Waals surface area contributed by atoms with Gasteiger partial charge in [0.2, 0.25) is 0 Å². The Morgan fingerprint density at radius 1 is 1.32 bits per heavy atom. The molecule has 0 aliphatic heterocycles. The van der Waals surface area contributed by atoms with E-state index in [4.69, 9.17) is 4.74 Å². The number of nitrogens with one attached hydrogen (secondary N) is 1. The second kappa shape index (κ2) is 8.50. The van der Waals surface area contributed by atoms with Crippen molar-refractivity contribution in [2.75, 3.05) is 6.61 Å². The van der Waals surface area contributed by atoms with Gasteiger partial charge < -0.3 is 14.6 Å². The van der Waals surface area contributed by atoms with Crippen molar-refractivity contribution in [2.24, 2.45) is 0 Å². The van der Waals surface area contributed by atoms with Gasteiger partial charge in [-0.05, 0) is 37.6 Å². The Morgan fingerprint density at radius 2 is 1.96 bits per heavy atom. The molecule has 0 aromatic heterocycles. The maximum Gasteiger partial charge on any atom is 0.578 e. The van der Waals surface area contributed by atoms with Crippen molar-refractivity contribution in [3.8, 4) is 6.07 Å². The number of alkyl halides is 3. The van der Waals surface area contributed by atoms with Crippen LogP contribution in [0.4, 0.5) is 13.2 Å². The highest BCUT2D eigenvalue weighted by Crippen LogP contribution is 2.30. The number of benzene rings is 1. The molecule has 1 aromatic carbocycles. The van der Waals surface area contributed by atoms with Gasteiger partial charge in [-0.2, -0.15) is 5.26 Å². The molecule has 2 unspecified atom stereocenters. The topological polar surface area (TPSA) is 102 Å². The third kappa shape index (κ3) is 5.37. The first kappa shape index (κ1) is 21.5. The highest BCUT2D eigenvalue weighted by molar-refractivity contribution is 7.92. The summed E-state index contributed by atoms with van der Waals surface area (Å²) < 4.78 is 53.7. The van der Waals surface area contributed by atoms with E-state index in [1.54, 1.807) is 18.2 Å². The van der Waals surface area contributed by atoms with Gasteiger partial charge in [0, 0.05) is 11.1 Å². The van der Waals surface area contributed by atoms with Gasteiger partial charge in [-0.3, -0.25) is 4.79 Å². The molecule has 10 heteroatoms. The summed E-state index contributed by atoms with van der Waals surface area (Å²) in [5, 5.41) is 11.7. The number of halogens is 3. The molecule has 1 amide bonds. The molecular weight excluding hydrogens is 397 g/mol. The number of carbonyl (C=O) groups is 2. The van der Waals surface area contributed by atoms with E-state index in [1.165, 1.54) is 6.92 Å². The van der Waals surface area contributed by atoms with Crippen molar-refractivity contribution in [3.05, 3.63) is 53.6 Å². The molecule has 0 saturated carbocycles. The molecule has 1 N–H and O–H groups in total. The summed E-state index contributed by atoms with van der Waals surface area (Å²) in [5.41, 5.74) is -6.08. The lowest BCUT2D eigenvalue weighted by molar-refractivity contribution is -0.140. The molecule has 148 valence electrons. The van der Waals surface area contributed by atoms with E-state index in [1.807, 2.05) is 6.07 Å². The number of nitriles is 1. The maximum absolute atomic E-state index is 12.5. The van der Waals surface area contributed by atoms with E-state index in [0.29, 0.717) is 12.0 Å². The monoisotopic (exact) mass is 412 g/mol. The summed E-state index contributed by atoms with van der Waals surface area (Å²) in [6.45, 7) is 0.925. The third-order valence-corrected chi connectivity index (χ3v) is 4.82. The molecule has 0 heterocycles. The molecule has 1 aliphatic rings. The zero-order valence-electron chi connectivity index (χ0n) is 14.6. The van der Waals surface area contributed by atoms with Crippen LogP contribution in [0.1, 0.15) is 23.7 Å². The highest BCUT2D eigenvalue weighted by Gasteiger charge is 2.46.